The molecule has 1 aromatic carbocycles. The molecule has 0 radical (unpaired) electrons. The van der Waals surface area contributed by atoms with E-state index in [1.165, 1.54) is 0 Å². The number of hydrogen-bond acceptors (Lipinski definition) is 8. The van der Waals surface area contributed by atoms with Crippen molar-refractivity contribution in [2.24, 2.45) is 0 Å². The minimum atomic E-state index is -4.04. The first kappa shape index (κ1) is 27.8. The molecule has 0 bridgehead atoms. The first-order valence-electron chi connectivity index (χ1n) is 11.4. The van der Waals surface area contributed by atoms with Crippen LogP contribution in [0.3, 0.4) is 0 Å². The molecule has 3 rings (SSSR count). The average Bonchev–Trinajstić information content (AvgIpc) is 3.22. The molecule has 0 aliphatic carbocycles. The maximum absolute atomic E-state index is 13.6. The molecule has 2 atom stereocenters. The largest absolute Gasteiger partial charge is 0.495 e. The van der Waals surface area contributed by atoms with Crippen LogP contribution in [-0.4, -0.2) is 51.6 Å². The summed E-state index contributed by atoms with van der Waals surface area (Å²) < 4.78 is 43.7. The van der Waals surface area contributed by atoms with Gasteiger partial charge in [-0.2, -0.15) is 0 Å². The summed E-state index contributed by atoms with van der Waals surface area (Å²) in [6, 6.07) is 5.43. The Kier molecular flexibility index (Phi) is 9.20. The number of hydrogen-bond donors (Lipinski definition) is 1. The van der Waals surface area contributed by atoms with Gasteiger partial charge in [-0.05, 0) is 67.7 Å². The van der Waals surface area contributed by atoms with Crippen LogP contribution in [0.4, 0.5) is 5.95 Å². The molecular weight excluding hydrogens is 548 g/mol. The zero-order valence-corrected chi connectivity index (χ0v) is 23.4. The predicted molar refractivity (Wildman–Crippen MR) is 142 cm³/mol. The molecule has 2 aromatic heterocycles. The molecule has 10 nitrogen and oxygen atoms in total. The van der Waals surface area contributed by atoms with Crippen molar-refractivity contribution in [1.29, 1.82) is 0 Å². The van der Waals surface area contributed by atoms with Gasteiger partial charge in [0.1, 0.15) is 28.6 Å². The normalized spacial score (nSPS) is 13.4. The molecule has 0 spiro atoms. The first-order chi connectivity index (χ1) is 17.1. The van der Waals surface area contributed by atoms with Crippen LogP contribution in [0.2, 0.25) is 0 Å². The van der Waals surface area contributed by atoms with E-state index in [0.717, 1.165) is 5.56 Å². The third-order valence-corrected chi connectivity index (χ3v) is 7.65. The van der Waals surface area contributed by atoms with E-state index in [4.69, 9.17) is 9.47 Å². The van der Waals surface area contributed by atoms with E-state index < -0.39 is 21.4 Å². The molecule has 2 heterocycles. The monoisotopic (exact) mass is 578 g/mol. The Morgan fingerprint density at radius 3 is 2.50 bits per heavy atom. The molecule has 0 saturated carbocycles. The summed E-state index contributed by atoms with van der Waals surface area (Å²) in [5, 5.41) is 7.38. The van der Waals surface area contributed by atoms with Gasteiger partial charge in [-0.1, -0.05) is 12.1 Å². The summed E-state index contributed by atoms with van der Waals surface area (Å²) in [6.07, 6.45) is 4.99. The number of aromatic nitrogens is 5. The molecule has 194 valence electrons. The van der Waals surface area contributed by atoms with E-state index in [-0.39, 0.29) is 17.9 Å². The van der Waals surface area contributed by atoms with Gasteiger partial charge < -0.3 is 9.47 Å². The topological polar surface area (TPSA) is 121 Å². The fourth-order valence-corrected chi connectivity index (χ4v) is 5.10. The van der Waals surface area contributed by atoms with Gasteiger partial charge in [0, 0.05) is 23.3 Å². The Balaban J connectivity index is 2.06. The third kappa shape index (κ3) is 6.29. The highest BCUT2D eigenvalue weighted by atomic mass is 79.9. The van der Waals surface area contributed by atoms with Crippen LogP contribution in [0.15, 0.2) is 47.7 Å². The summed E-state index contributed by atoms with van der Waals surface area (Å²) in [4.78, 5) is 8.63. The van der Waals surface area contributed by atoms with Crippen molar-refractivity contribution in [3.05, 3.63) is 64.9 Å². The van der Waals surface area contributed by atoms with Crippen molar-refractivity contribution in [2.75, 3.05) is 11.8 Å². The van der Waals surface area contributed by atoms with Crippen LogP contribution in [0.25, 0.3) is 5.69 Å². The quantitative estimate of drug-likeness (QED) is 0.310. The van der Waals surface area contributed by atoms with Crippen molar-refractivity contribution >= 4 is 31.9 Å². The molecule has 0 fully saturated rings. The van der Waals surface area contributed by atoms with Gasteiger partial charge in [-0.25, -0.2) is 18.4 Å². The number of aryl methyl sites for hydroxylation is 2. The second kappa shape index (κ2) is 11.9. The van der Waals surface area contributed by atoms with Gasteiger partial charge >= 0.3 is 0 Å². The van der Waals surface area contributed by atoms with Crippen molar-refractivity contribution in [2.45, 2.75) is 58.0 Å². The van der Waals surface area contributed by atoms with Gasteiger partial charge in [-0.3, -0.25) is 9.29 Å². The highest BCUT2D eigenvalue weighted by molar-refractivity contribution is 9.10. The number of benzene rings is 1. The molecule has 12 heteroatoms. The lowest BCUT2D eigenvalue weighted by Crippen LogP contribution is -2.35. The summed E-state index contributed by atoms with van der Waals surface area (Å²) >= 11 is 3.55. The second-order valence-electron chi connectivity index (χ2n) is 8.47. The highest BCUT2D eigenvalue weighted by Crippen LogP contribution is 2.35. The number of nitrogens with one attached hydrogen (secondary N) is 1. The Morgan fingerprint density at radius 1 is 1.19 bits per heavy atom. The maximum atomic E-state index is 13.6. The third-order valence-electron chi connectivity index (χ3n) is 5.32. The Morgan fingerprint density at radius 2 is 1.89 bits per heavy atom. The zero-order chi connectivity index (χ0) is 26.5. The molecule has 2 unspecified atom stereocenters. The smallest absolute Gasteiger partial charge is 0.243 e. The molecule has 1 N–H and O–H groups in total. The number of nitrogens with zero attached hydrogens (tertiary/aromatic N) is 5. The Bertz CT molecular complexity index is 1290. The van der Waals surface area contributed by atoms with E-state index in [1.807, 2.05) is 32.9 Å². The van der Waals surface area contributed by atoms with Gasteiger partial charge in [-0.15, -0.1) is 16.8 Å². The first-order valence-corrected chi connectivity index (χ1v) is 13.8. The number of anilines is 1. The second-order valence-corrected chi connectivity index (χ2v) is 11.4. The van der Waals surface area contributed by atoms with Gasteiger partial charge in [0.15, 0.2) is 5.82 Å². The van der Waals surface area contributed by atoms with E-state index >= 15 is 0 Å². The molecule has 0 aliphatic heterocycles. The van der Waals surface area contributed by atoms with Gasteiger partial charge in [0.25, 0.3) is 0 Å². The van der Waals surface area contributed by atoms with E-state index in [2.05, 4.69) is 47.4 Å². The maximum Gasteiger partial charge on any atom is 0.243 e. The highest BCUT2D eigenvalue weighted by Gasteiger charge is 2.35. The van der Waals surface area contributed by atoms with Gasteiger partial charge in [0.2, 0.25) is 16.0 Å². The lowest BCUT2D eigenvalue weighted by Gasteiger charge is -2.25. The van der Waals surface area contributed by atoms with E-state index in [0.29, 0.717) is 34.6 Å². The summed E-state index contributed by atoms with van der Waals surface area (Å²) in [7, 11) is -2.50. The van der Waals surface area contributed by atoms with Crippen LogP contribution in [-0.2, 0) is 21.2 Å². The minimum absolute atomic E-state index is 0.0271. The van der Waals surface area contributed by atoms with Gasteiger partial charge in [0.05, 0.1) is 13.2 Å². The average molecular weight is 580 g/mol. The summed E-state index contributed by atoms with van der Waals surface area (Å²) in [5.41, 5.74) is 1.43. The van der Waals surface area contributed by atoms with Crippen molar-refractivity contribution in [3.8, 4) is 11.4 Å². The van der Waals surface area contributed by atoms with Crippen LogP contribution < -0.4 is 9.46 Å². The van der Waals surface area contributed by atoms with Crippen LogP contribution in [0.1, 0.15) is 50.5 Å². The summed E-state index contributed by atoms with van der Waals surface area (Å²) in [5.74, 6) is 1.38. The van der Waals surface area contributed by atoms with Crippen molar-refractivity contribution < 1.29 is 17.9 Å². The van der Waals surface area contributed by atoms with Crippen LogP contribution in [0, 0.1) is 6.92 Å². The number of rotatable bonds is 12. The molecule has 0 amide bonds. The minimum Gasteiger partial charge on any atom is -0.495 e. The lowest BCUT2D eigenvalue weighted by atomic mass is 10.2. The zero-order valence-electron chi connectivity index (χ0n) is 21.0. The Labute approximate surface area is 220 Å². The SMILES string of the molecule is C=CCCc1nnc(NS(=O)(=O)C(C)C(OC(C)C)c2ncc(C)cn2)n1-c1c(Br)cccc1OC. The Hall–Kier alpha value is -2.83. The summed E-state index contributed by atoms with van der Waals surface area (Å²) in [6.45, 7) is 10.8. The van der Waals surface area contributed by atoms with Crippen LogP contribution in [0.5, 0.6) is 5.75 Å². The predicted octanol–water partition coefficient (Wildman–Crippen LogP) is 4.55. The van der Waals surface area contributed by atoms with Crippen LogP contribution >= 0.6 is 15.9 Å². The fourth-order valence-electron chi connectivity index (χ4n) is 3.50. The number of halogens is 1. The molecule has 0 aliphatic rings. The molecule has 3 aromatic rings. The number of allylic oxidation sites excluding steroid dienone is 1. The van der Waals surface area contributed by atoms with E-state index in [1.54, 1.807) is 43.1 Å². The molecule has 0 saturated heterocycles. The number of ether oxygens (including phenoxy) is 2. The van der Waals surface area contributed by atoms with E-state index in [9.17, 15) is 8.42 Å². The molecular formula is C24H31BrN6O4S. The lowest BCUT2D eigenvalue weighted by molar-refractivity contribution is 0.00152. The standard InChI is InChI=1S/C24H31BrN6O4S/c1-7-8-12-20-28-29-24(31(20)21-18(25)10-9-11-19(21)34-6)30-36(32,33)17(5)22(35-15(2)3)23-26-13-16(4)14-27-23/h7,9-11,13-15,17,22H,1,8,12H2,2-6H3,(H,29,30). The van der Waals surface area contributed by atoms with Crippen molar-refractivity contribution in [3.63, 3.8) is 0 Å². The number of sulfonamides is 1. The fraction of sp³-hybridized carbons (Fsp3) is 0.417. The molecule has 36 heavy (non-hydrogen) atoms. The number of para-hydroxylation sites is 1. The van der Waals surface area contributed by atoms with Crippen molar-refractivity contribution in [1.82, 2.24) is 24.7 Å². The number of methoxy groups -OCH3 is 1.